The molecule has 2 unspecified atom stereocenters. The van der Waals surface area contributed by atoms with Crippen LogP contribution in [0.2, 0.25) is 0 Å². The molecule has 3 nitrogen and oxygen atoms in total. The minimum atomic E-state index is -4.11. The van der Waals surface area contributed by atoms with Crippen LogP contribution in [0.15, 0.2) is 6.33 Å². The van der Waals surface area contributed by atoms with E-state index in [1.54, 1.807) is 6.33 Å². The molecule has 0 saturated carbocycles. The summed E-state index contributed by atoms with van der Waals surface area (Å²) in [5.41, 5.74) is 1.88. The van der Waals surface area contributed by atoms with Gasteiger partial charge < -0.3 is 4.98 Å². The lowest BCUT2D eigenvalue weighted by Gasteiger charge is -2.44. The van der Waals surface area contributed by atoms with E-state index in [0.717, 1.165) is 24.2 Å². The zero-order valence-electron chi connectivity index (χ0n) is 8.59. The molecule has 2 bridgehead atoms. The van der Waals surface area contributed by atoms with Crippen molar-refractivity contribution in [1.29, 1.82) is 0 Å². The van der Waals surface area contributed by atoms with Crippen molar-refractivity contribution in [2.24, 2.45) is 0 Å². The van der Waals surface area contributed by atoms with Crippen molar-refractivity contribution >= 4 is 0 Å². The van der Waals surface area contributed by atoms with Gasteiger partial charge in [-0.3, -0.25) is 4.90 Å². The van der Waals surface area contributed by atoms with Crippen LogP contribution in [0.25, 0.3) is 0 Å². The molecule has 2 atom stereocenters. The van der Waals surface area contributed by atoms with E-state index in [-0.39, 0.29) is 12.0 Å². The van der Waals surface area contributed by atoms with Crippen LogP contribution in [-0.2, 0) is 0 Å². The van der Waals surface area contributed by atoms with Crippen molar-refractivity contribution in [2.45, 2.75) is 31.0 Å². The van der Waals surface area contributed by atoms with Gasteiger partial charge in [-0.25, -0.2) is 4.98 Å². The molecule has 2 aliphatic heterocycles. The summed E-state index contributed by atoms with van der Waals surface area (Å²) in [5.74, 6) is 0.175. The SMILES string of the molecule is FC(F)(F)CN1CC2CCC1c1[nH]cnc12. The number of imidazole rings is 1. The molecule has 88 valence electrons. The van der Waals surface area contributed by atoms with Gasteiger partial charge in [0.2, 0.25) is 0 Å². The van der Waals surface area contributed by atoms with E-state index in [9.17, 15) is 13.2 Å². The molecule has 0 spiro atoms. The Morgan fingerprint density at radius 3 is 3.00 bits per heavy atom. The van der Waals surface area contributed by atoms with Gasteiger partial charge in [0.15, 0.2) is 0 Å². The quantitative estimate of drug-likeness (QED) is 0.803. The third-order valence-corrected chi connectivity index (χ3v) is 3.49. The third-order valence-electron chi connectivity index (χ3n) is 3.49. The highest BCUT2D eigenvalue weighted by molar-refractivity contribution is 5.27. The lowest BCUT2D eigenvalue weighted by atomic mass is 9.80. The summed E-state index contributed by atoms with van der Waals surface area (Å²) in [6, 6.07) is -0.121. The molecule has 16 heavy (non-hydrogen) atoms. The van der Waals surface area contributed by atoms with Crippen LogP contribution < -0.4 is 0 Å². The Morgan fingerprint density at radius 2 is 2.25 bits per heavy atom. The second kappa shape index (κ2) is 3.23. The van der Waals surface area contributed by atoms with Crippen LogP contribution >= 0.6 is 0 Å². The van der Waals surface area contributed by atoms with Crippen LogP contribution in [0.1, 0.15) is 36.2 Å². The molecular formula is C10H12F3N3. The molecule has 0 radical (unpaired) electrons. The van der Waals surface area contributed by atoms with Crippen LogP contribution in [-0.4, -0.2) is 34.1 Å². The van der Waals surface area contributed by atoms with Crippen LogP contribution in [0.3, 0.4) is 0 Å². The molecule has 4 rings (SSSR count). The standard InChI is InChI=1S/C10H12F3N3/c11-10(12,13)4-16-3-6-1-2-7(16)9-8(6)14-5-15-9/h5-7H,1-4H2,(H,14,15). The predicted octanol–water partition coefficient (Wildman–Crippen LogP) is 2.21. The maximum atomic E-state index is 12.4. The number of alkyl halides is 3. The Labute approximate surface area is 90.7 Å². The van der Waals surface area contributed by atoms with Crippen molar-refractivity contribution in [3.63, 3.8) is 0 Å². The van der Waals surface area contributed by atoms with Gasteiger partial charge in [-0.15, -0.1) is 0 Å². The molecule has 3 aliphatic rings. The molecule has 1 aromatic heterocycles. The molecule has 1 aliphatic carbocycles. The topological polar surface area (TPSA) is 31.9 Å². The highest BCUT2D eigenvalue weighted by Crippen LogP contribution is 2.45. The first-order valence-corrected chi connectivity index (χ1v) is 5.38. The van der Waals surface area contributed by atoms with Crippen molar-refractivity contribution in [3.05, 3.63) is 17.7 Å². The zero-order chi connectivity index (χ0) is 11.3. The molecular weight excluding hydrogens is 219 g/mol. The molecule has 0 aromatic carbocycles. The van der Waals surface area contributed by atoms with E-state index >= 15 is 0 Å². The summed E-state index contributed by atoms with van der Waals surface area (Å²) < 4.78 is 37.2. The van der Waals surface area contributed by atoms with Crippen LogP contribution in [0, 0.1) is 0 Å². The van der Waals surface area contributed by atoms with Gasteiger partial charge in [0, 0.05) is 12.5 Å². The number of piperidine rings is 1. The fraction of sp³-hybridized carbons (Fsp3) is 0.700. The molecule has 1 saturated heterocycles. The van der Waals surface area contributed by atoms with Gasteiger partial charge in [-0.1, -0.05) is 0 Å². The van der Waals surface area contributed by atoms with Gasteiger partial charge in [-0.05, 0) is 12.8 Å². The van der Waals surface area contributed by atoms with Gasteiger partial charge in [-0.2, -0.15) is 13.2 Å². The van der Waals surface area contributed by atoms with E-state index in [0.29, 0.717) is 6.54 Å². The number of hydrogen-bond donors (Lipinski definition) is 1. The monoisotopic (exact) mass is 231 g/mol. The summed E-state index contributed by atoms with van der Waals surface area (Å²) >= 11 is 0. The van der Waals surface area contributed by atoms with E-state index in [1.165, 1.54) is 4.90 Å². The maximum absolute atomic E-state index is 12.4. The number of fused-ring (bicyclic) bond motifs is 2. The van der Waals surface area contributed by atoms with Gasteiger partial charge in [0.05, 0.1) is 30.3 Å². The summed E-state index contributed by atoms with van der Waals surface area (Å²) in [6.07, 6.45) is -0.766. The third kappa shape index (κ3) is 1.52. The molecule has 1 N–H and O–H groups in total. The lowest BCUT2D eigenvalue weighted by molar-refractivity contribution is -0.156. The average Bonchev–Trinajstić information content (AvgIpc) is 2.65. The van der Waals surface area contributed by atoms with Crippen LogP contribution in [0.5, 0.6) is 0 Å². The van der Waals surface area contributed by atoms with E-state index < -0.39 is 12.7 Å². The average molecular weight is 231 g/mol. The number of aromatic nitrogens is 2. The molecule has 1 fully saturated rings. The fourth-order valence-electron chi connectivity index (χ4n) is 2.91. The Kier molecular flexibility index (Phi) is 2.04. The number of H-pyrrole nitrogens is 1. The maximum Gasteiger partial charge on any atom is 0.401 e. The van der Waals surface area contributed by atoms with Crippen molar-refractivity contribution < 1.29 is 13.2 Å². The minimum absolute atomic E-state index is 0.121. The molecule has 0 amide bonds. The smallest absolute Gasteiger partial charge is 0.347 e. The second-order valence-electron chi connectivity index (χ2n) is 4.54. The van der Waals surface area contributed by atoms with Crippen molar-refractivity contribution in [2.75, 3.05) is 13.1 Å². The number of nitrogens with one attached hydrogen (secondary N) is 1. The van der Waals surface area contributed by atoms with Crippen molar-refractivity contribution in [3.8, 4) is 0 Å². The minimum Gasteiger partial charge on any atom is -0.347 e. The van der Waals surface area contributed by atoms with Gasteiger partial charge in [0.1, 0.15) is 0 Å². The summed E-state index contributed by atoms with van der Waals surface area (Å²) in [4.78, 5) is 8.71. The Hall–Kier alpha value is -1.04. The first-order valence-electron chi connectivity index (χ1n) is 5.38. The number of nitrogens with zero attached hydrogens (tertiary/aromatic N) is 2. The summed E-state index contributed by atoms with van der Waals surface area (Å²) in [5, 5.41) is 0. The highest BCUT2D eigenvalue weighted by atomic mass is 19.4. The largest absolute Gasteiger partial charge is 0.401 e. The predicted molar refractivity (Wildman–Crippen MR) is 50.9 cm³/mol. The van der Waals surface area contributed by atoms with Gasteiger partial charge in [0.25, 0.3) is 0 Å². The fourth-order valence-corrected chi connectivity index (χ4v) is 2.91. The van der Waals surface area contributed by atoms with Crippen LogP contribution in [0.4, 0.5) is 13.2 Å². The van der Waals surface area contributed by atoms with Crippen molar-refractivity contribution in [1.82, 2.24) is 14.9 Å². The Morgan fingerprint density at radius 1 is 1.44 bits per heavy atom. The summed E-state index contributed by atoms with van der Waals surface area (Å²) in [6.45, 7) is -0.325. The van der Waals surface area contributed by atoms with E-state index in [1.807, 2.05) is 0 Å². The number of halogens is 3. The first kappa shape index (κ1) is 10.1. The number of rotatable bonds is 1. The number of hydrogen-bond acceptors (Lipinski definition) is 2. The molecule has 3 heterocycles. The normalized spacial score (nSPS) is 29.4. The lowest BCUT2D eigenvalue weighted by Crippen LogP contribution is -2.46. The zero-order valence-corrected chi connectivity index (χ0v) is 8.59. The van der Waals surface area contributed by atoms with E-state index in [2.05, 4.69) is 9.97 Å². The Bertz CT molecular complexity index is 398. The van der Waals surface area contributed by atoms with Gasteiger partial charge >= 0.3 is 6.18 Å². The second-order valence-corrected chi connectivity index (χ2v) is 4.54. The first-order chi connectivity index (χ1) is 7.54. The van der Waals surface area contributed by atoms with E-state index in [4.69, 9.17) is 0 Å². The highest BCUT2D eigenvalue weighted by Gasteiger charge is 2.44. The Balaban J connectivity index is 1.88. The molecule has 6 heteroatoms. The molecule has 1 aromatic rings. The summed E-state index contributed by atoms with van der Waals surface area (Å²) in [7, 11) is 0. The number of aromatic amines is 1.